The number of carboxylic acids is 2. The van der Waals surface area contributed by atoms with Gasteiger partial charge in [-0.2, -0.15) is 4.98 Å². The van der Waals surface area contributed by atoms with E-state index in [9.17, 15) is 19.5 Å². The van der Waals surface area contributed by atoms with Crippen LogP contribution >= 0.6 is 0 Å². The van der Waals surface area contributed by atoms with Gasteiger partial charge in [-0.15, -0.1) is 0 Å². The van der Waals surface area contributed by atoms with Gasteiger partial charge in [0.25, 0.3) is 0 Å². The average molecular weight is 440 g/mol. The highest BCUT2D eigenvalue weighted by atomic mass is 16.5. The molecule has 1 aliphatic heterocycles. The van der Waals surface area contributed by atoms with Gasteiger partial charge >= 0.3 is 18.0 Å². The van der Waals surface area contributed by atoms with E-state index in [1.54, 1.807) is 0 Å². The van der Waals surface area contributed by atoms with Crippen molar-refractivity contribution in [3.8, 4) is 0 Å². The van der Waals surface area contributed by atoms with E-state index >= 15 is 0 Å². The first-order chi connectivity index (χ1) is 14.7. The second-order valence-corrected chi connectivity index (χ2v) is 7.17. The molecule has 0 saturated carbocycles. The minimum absolute atomic E-state index is 0.0635. The number of aliphatic carboxylic acids is 2. The van der Waals surface area contributed by atoms with Gasteiger partial charge < -0.3 is 42.2 Å². The number of amides is 2. The largest absolute Gasteiger partial charge is 0.481 e. The zero-order valence-corrected chi connectivity index (χ0v) is 16.9. The molecule has 0 unspecified atom stereocenters. The van der Waals surface area contributed by atoms with Gasteiger partial charge in [-0.25, -0.2) is 9.59 Å². The fourth-order valence-electron chi connectivity index (χ4n) is 3.21. The van der Waals surface area contributed by atoms with Crippen molar-refractivity contribution in [1.82, 2.24) is 20.4 Å². The first kappa shape index (κ1) is 23.9. The predicted molar refractivity (Wildman–Crippen MR) is 107 cm³/mol. The van der Waals surface area contributed by atoms with Crippen molar-refractivity contribution in [2.45, 2.75) is 56.7 Å². The summed E-state index contributed by atoms with van der Waals surface area (Å²) in [7, 11) is 0. The van der Waals surface area contributed by atoms with Crippen molar-refractivity contribution in [3.05, 3.63) is 11.7 Å². The molecule has 0 aliphatic carbocycles. The van der Waals surface area contributed by atoms with Crippen molar-refractivity contribution < 1.29 is 29.1 Å². The van der Waals surface area contributed by atoms with Crippen LogP contribution in [0.25, 0.3) is 0 Å². The number of hydrogen-bond donors (Lipinski definition) is 6. The summed E-state index contributed by atoms with van der Waals surface area (Å²) in [6.07, 6.45) is 1.72. The van der Waals surface area contributed by atoms with Gasteiger partial charge in [0.1, 0.15) is 12.1 Å². The third-order valence-electron chi connectivity index (χ3n) is 4.80. The maximum absolute atomic E-state index is 12.7. The number of likely N-dealkylation sites (tertiary alicyclic amines) is 1. The second kappa shape index (κ2) is 11.1. The molecule has 14 heteroatoms. The van der Waals surface area contributed by atoms with Crippen LogP contribution in [0.1, 0.15) is 62.3 Å². The summed E-state index contributed by atoms with van der Waals surface area (Å²) in [6.45, 7) is 0.619. The zero-order chi connectivity index (χ0) is 23.0. The smallest absolute Gasteiger partial charge is 0.326 e. The zero-order valence-electron chi connectivity index (χ0n) is 16.9. The molecule has 9 N–H and O–H groups in total. The Bertz CT molecular complexity index is 808. The van der Waals surface area contributed by atoms with E-state index in [0.29, 0.717) is 38.8 Å². The van der Waals surface area contributed by atoms with Gasteiger partial charge in [0.2, 0.25) is 5.89 Å². The Hall–Kier alpha value is -3.42. The number of nitrogens with one attached hydrogen (secondary N) is 1. The van der Waals surface area contributed by atoms with Crippen LogP contribution in [-0.4, -0.2) is 68.3 Å². The van der Waals surface area contributed by atoms with Crippen LogP contribution in [0, 0.1) is 0 Å². The lowest BCUT2D eigenvalue weighted by Gasteiger charge is -2.24. The molecule has 0 radical (unpaired) electrons. The first-order valence-electron chi connectivity index (χ1n) is 9.85. The topological polar surface area (TPSA) is 236 Å². The van der Waals surface area contributed by atoms with E-state index in [2.05, 4.69) is 20.4 Å². The number of carboxylic acid groups (broad SMARTS) is 2. The Morgan fingerprint density at radius 1 is 1.29 bits per heavy atom. The van der Waals surface area contributed by atoms with Crippen LogP contribution < -0.4 is 22.5 Å². The molecule has 1 saturated heterocycles. The average Bonchev–Trinajstić information content (AvgIpc) is 3.38. The van der Waals surface area contributed by atoms with Crippen LogP contribution in [0.5, 0.6) is 0 Å². The van der Waals surface area contributed by atoms with Gasteiger partial charge in [-0.05, 0) is 32.1 Å². The molecule has 1 aromatic heterocycles. The van der Waals surface area contributed by atoms with E-state index in [1.165, 1.54) is 4.90 Å². The van der Waals surface area contributed by atoms with E-state index < -0.39 is 36.1 Å². The molecule has 172 valence electrons. The monoisotopic (exact) mass is 440 g/mol. The van der Waals surface area contributed by atoms with Crippen LogP contribution in [0.3, 0.4) is 0 Å². The SMILES string of the molecule is NC(N)=NCCC[C@H](NC(=O)N1CCC[C@@H]1C(=O)O)c1nc([C@@H](N)CCC(=O)O)no1. The van der Waals surface area contributed by atoms with Crippen molar-refractivity contribution >= 4 is 23.9 Å². The molecular weight excluding hydrogens is 412 g/mol. The Morgan fingerprint density at radius 3 is 2.68 bits per heavy atom. The maximum atomic E-state index is 12.7. The molecule has 1 aliphatic rings. The molecule has 0 aromatic carbocycles. The minimum Gasteiger partial charge on any atom is -0.481 e. The third kappa shape index (κ3) is 7.09. The number of carbonyl (C=O) groups is 3. The number of hydrogen-bond acceptors (Lipinski definition) is 8. The summed E-state index contributed by atoms with van der Waals surface area (Å²) >= 11 is 0. The van der Waals surface area contributed by atoms with Crippen molar-refractivity contribution in [3.63, 3.8) is 0 Å². The van der Waals surface area contributed by atoms with E-state index in [-0.39, 0.29) is 30.5 Å². The number of carbonyl (C=O) groups excluding carboxylic acids is 1. The third-order valence-corrected chi connectivity index (χ3v) is 4.80. The highest BCUT2D eigenvalue weighted by Crippen LogP contribution is 2.23. The lowest BCUT2D eigenvalue weighted by molar-refractivity contribution is -0.141. The Kier molecular flexibility index (Phi) is 8.54. The van der Waals surface area contributed by atoms with Gasteiger partial charge in [-0.3, -0.25) is 9.79 Å². The number of aromatic nitrogens is 2. The van der Waals surface area contributed by atoms with Gasteiger partial charge in [-0.1, -0.05) is 5.16 Å². The summed E-state index contributed by atoms with van der Waals surface area (Å²) in [6, 6.07) is -2.94. The van der Waals surface area contributed by atoms with Crippen molar-refractivity contribution in [2.75, 3.05) is 13.1 Å². The van der Waals surface area contributed by atoms with Crippen LogP contribution in [0.15, 0.2) is 9.52 Å². The van der Waals surface area contributed by atoms with Gasteiger partial charge in [0.05, 0.1) is 6.04 Å². The first-order valence-corrected chi connectivity index (χ1v) is 9.85. The van der Waals surface area contributed by atoms with Gasteiger partial charge in [0, 0.05) is 19.5 Å². The number of rotatable bonds is 11. The lowest BCUT2D eigenvalue weighted by atomic mass is 10.1. The fraction of sp³-hybridized carbons (Fsp3) is 0.647. The Balaban J connectivity index is 2.11. The van der Waals surface area contributed by atoms with Crippen LogP contribution in [0.2, 0.25) is 0 Å². The summed E-state index contributed by atoms with van der Waals surface area (Å²) in [5.74, 6) is -1.94. The molecule has 2 rings (SSSR count). The van der Waals surface area contributed by atoms with E-state index in [4.69, 9.17) is 26.8 Å². The predicted octanol–water partition coefficient (Wildman–Crippen LogP) is -0.712. The molecule has 3 atom stereocenters. The van der Waals surface area contributed by atoms with Crippen molar-refractivity contribution in [2.24, 2.45) is 22.2 Å². The normalized spacial score (nSPS) is 17.7. The van der Waals surface area contributed by atoms with Gasteiger partial charge in [0.15, 0.2) is 11.8 Å². The number of nitrogens with two attached hydrogens (primary N) is 3. The molecule has 31 heavy (non-hydrogen) atoms. The molecule has 0 spiro atoms. The van der Waals surface area contributed by atoms with Crippen molar-refractivity contribution in [1.29, 1.82) is 0 Å². The molecule has 2 heterocycles. The molecule has 0 bridgehead atoms. The molecule has 2 amide bonds. The number of nitrogens with zero attached hydrogens (tertiary/aromatic N) is 4. The summed E-state index contributed by atoms with van der Waals surface area (Å²) in [4.78, 5) is 44.2. The van der Waals surface area contributed by atoms with E-state index in [0.717, 1.165) is 0 Å². The summed E-state index contributed by atoms with van der Waals surface area (Å²) in [5, 5.41) is 24.6. The lowest BCUT2D eigenvalue weighted by Crippen LogP contribution is -2.47. The molecule has 1 aromatic rings. The second-order valence-electron chi connectivity index (χ2n) is 7.17. The highest BCUT2D eigenvalue weighted by Gasteiger charge is 2.35. The summed E-state index contributed by atoms with van der Waals surface area (Å²) < 4.78 is 5.25. The fourth-order valence-corrected chi connectivity index (χ4v) is 3.21. The highest BCUT2D eigenvalue weighted by molar-refractivity contribution is 5.83. The standard InChI is InChI=1S/C17H28N8O6/c18-9(5-6-12(26)27)13-23-14(31-24-13)10(3-1-7-21-16(19)20)22-17(30)25-8-2-4-11(25)15(28)29/h9-11H,1-8,18H2,(H,22,30)(H,26,27)(H,28,29)(H4,19,20,21)/t9-,10-,11+/m0/s1. The van der Waals surface area contributed by atoms with Crippen LogP contribution in [0.4, 0.5) is 4.79 Å². The number of aliphatic imine (C=N–C) groups is 1. The number of urea groups is 1. The van der Waals surface area contributed by atoms with Crippen LogP contribution in [-0.2, 0) is 9.59 Å². The Morgan fingerprint density at radius 2 is 2.03 bits per heavy atom. The van der Waals surface area contributed by atoms with E-state index in [1.807, 2.05) is 0 Å². The Labute approximate surface area is 177 Å². The molecule has 1 fully saturated rings. The maximum Gasteiger partial charge on any atom is 0.326 e. The minimum atomic E-state index is -1.07. The molecule has 14 nitrogen and oxygen atoms in total. The molecular formula is C17H28N8O6. The number of guanidine groups is 1. The summed E-state index contributed by atoms with van der Waals surface area (Å²) in [5.41, 5.74) is 16.5. The quantitative estimate of drug-likeness (QED) is 0.143.